The topological polar surface area (TPSA) is 57.6 Å². The molecule has 1 N–H and O–H groups in total. The fourth-order valence-corrected chi connectivity index (χ4v) is 3.07. The smallest absolute Gasteiger partial charge is 0.306 e. The lowest BCUT2D eigenvalue weighted by Crippen LogP contribution is -2.54. The van der Waals surface area contributed by atoms with Crippen LogP contribution in [0.15, 0.2) is 33.6 Å². The molecule has 1 aliphatic rings. The zero-order valence-electron chi connectivity index (χ0n) is 11.1. The Balaban J connectivity index is 1.75. The summed E-state index contributed by atoms with van der Waals surface area (Å²) in [5, 5.41) is 8.91. The lowest BCUT2D eigenvalue weighted by atomic mass is 9.87. The first kappa shape index (κ1) is 15.4. The van der Waals surface area contributed by atoms with Crippen molar-refractivity contribution in [3.05, 3.63) is 28.7 Å². The van der Waals surface area contributed by atoms with Crippen LogP contribution in [0, 0.1) is 11.8 Å². The fourth-order valence-electron chi connectivity index (χ4n) is 2.00. The summed E-state index contributed by atoms with van der Waals surface area (Å²) in [6.07, 6.45) is 0. The first-order valence-electron chi connectivity index (χ1n) is 6.36. The van der Waals surface area contributed by atoms with Crippen LogP contribution in [0.4, 0.5) is 0 Å². The summed E-state index contributed by atoms with van der Waals surface area (Å²) >= 11 is 4.87. The Morgan fingerprint density at radius 3 is 2.55 bits per heavy atom. The second-order valence-corrected chi connectivity index (χ2v) is 6.89. The van der Waals surface area contributed by atoms with E-state index in [2.05, 4.69) is 15.9 Å². The molecule has 0 bridgehead atoms. The van der Waals surface area contributed by atoms with E-state index in [1.54, 1.807) is 11.8 Å². The van der Waals surface area contributed by atoms with E-state index < -0.39 is 5.97 Å². The Bertz CT molecular complexity index is 500. The van der Waals surface area contributed by atoms with Crippen molar-refractivity contribution in [1.82, 2.24) is 4.90 Å². The summed E-state index contributed by atoms with van der Waals surface area (Å²) in [4.78, 5) is 25.6. The van der Waals surface area contributed by atoms with Crippen LogP contribution in [-0.4, -0.2) is 40.7 Å². The molecule has 1 amide bonds. The molecule has 0 aliphatic carbocycles. The third-order valence-corrected chi connectivity index (χ3v) is 5.06. The fraction of sp³-hybridized carbons (Fsp3) is 0.429. The van der Waals surface area contributed by atoms with Gasteiger partial charge in [0.25, 0.3) is 0 Å². The lowest BCUT2D eigenvalue weighted by molar-refractivity contribution is -0.149. The molecular formula is C14H16BrNO3S. The van der Waals surface area contributed by atoms with Gasteiger partial charge in [0.1, 0.15) is 0 Å². The van der Waals surface area contributed by atoms with Gasteiger partial charge in [0.2, 0.25) is 5.91 Å². The molecule has 1 aromatic rings. The monoisotopic (exact) mass is 357 g/mol. The van der Waals surface area contributed by atoms with E-state index in [4.69, 9.17) is 5.11 Å². The third-order valence-electron chi connectivity index (χ3n) is 3.54. The van der Waals surface area contributed by atoms with Crippen molar-refractivity contribution in [3.8, 4) is 0 Å². The highest BCUT2D eigenvalue weighted by Gasteiger charge is 2.36. The van der Waals surface area contributed by atoms with Gasteiger partial charge in [-0.1, -0.05) is 22.9 Å². The van der Waals surface area contributed by atoms with Gasteiger partial charge in [-0.15, -0.1) is 11.8 Å². The highest BCUT2D eigenvalue weighted by molar-refractivity contribution is 9.10. The molecule has 2 rings (SSSR count). The predicted octanol–water partition coefficient (Wildman–Crippen LogP) is 2.72. The number of benzene rings is 1. The second kappa shape index (κ2) is 6.63. The molecule has 20 heavy (non-hydrogen) atoms. The van der Waals surface area contributed by atoms with Gasteiger partial charge >= 0.3 is 5.97 Å². The van der Waals surface area contributed by atoms with Crippen LogP contribution in [0.25, 0.3) is 0 Å². The highest BCUT2D eigenvalue weighted by atomic mass is 79.9. The molecule has 1 atom stereocenters. The van der Waals surface area contributed by atoms with Crippen LogP contribution < -0.4 is 0 Å². The zero-order chi connectivity index (χ0) is 14.7. The molecule has 1 saturated heterocycles. The molecule has 1 unspecified atom stereocenters. The molecule has 0 saturated carbocycles. The van der Waals surface area contributed by atoms with Gasteiger partial charge in [0.05, 0.1) is 11.7 Å². The second-order valence-electron chi connectivity index (χ2n) is 4.93. The predicted molar refractivity (Wildman–Crippen MR) is 81.7 cm³/mol. The summed E-state index contributed by atoms with van der Waals surface area (Å²) in [6, 6.07) is 7.82. The number of likely N-dealkylation sites (tertiary alicyclic amines) is 1. The number of nitrogens with zero attached hydrogens (tertiary/aromatic N) is 1. The number of rotatable bonds is 5. The molecule has 0 spiro atoms. The van der Waals surface area contributed by atoms with E-state index >= 15 is 0 Å². The minimum absolute atomic E-state index is 0.0757. The number of carboxylic acids is 1. The number of thioether (sulfide) groups is 1. The van der Waals surface area contributed by atoms with E-state index in [-0.39, 0.29) is 17.7 Å². The molecule has 4 nitrogen and oxygen atoms in total. The zero-order valence-corrected chi connectivity index (χ0v) is 13.5. The average molecular weight is 358 g/mol. The van der Waals surface area contributed by atoms with Gasteiger partial charge in [-0.25, -0.2) is 0 Å². The molecule has 0 radical (unpaired) electrons. The summed E-state index contributed by atoms with van der Waals surface area (Å²) in [5.74, 6) is -0.596. The first-order valence-corrected chi connectivity index (χ1v) is 8.14. The Labute approximate surface area is 130 Å². The summed E-state index contributed by atoms with van der Waals surface area (Å²) < 4.78 is 1.02. The number of carboxylic acid groups (broad SMARTS) is 1. The van der Waals surface area contributed by atoms with E-state index in [9.17, 15) is 9.59 Å². The van der Waals surface area contributed by atoms with Gasteiger partial charge in [-0.3, -0.25) is 9.59 Å². The maximum atomic E-state index is 12.0. The van der Waals surface area contributed by atoms with Crippen molar-refractivity contribution in [2.24, 2.45) is 11.8 Å². The van der Waals surface area contributed by atoms with Crippen LogP contribution in [0.5, 0.6) is 0 Å². The Hall–Kier alpha value is -1.01. The van der Waals surface area contributed by atoms with E-state index in [1.165, 1.54) is 11.8 Å². The quantitative estimate of drug-likeness (QED) is 0.823. The van der Waals surface area contributed by atoms with E-state index in [1.807, 2.05) is 24.3 Å². The largest absolute Gasteiger partial charge is 0.481 e. The lowest BCUT2D eigenvalue weighted by Gasteiger charge is -2.41. The van der Waals surface area contributed by atoms with Crippen molar-refractivity contribution in [1.29, 1.82) is 0 Å². The Kier molecular flexibility index (Phi) is 5.10. The van der Waals surface area contributed by atoms with Gasteiger partial charge in [0, 0.05) is 28.4 Å². The number of carbonyl (C=O) groups is 2. The maximum absolute atomic E-state index is 12.0. The number of carbonyl (C=O) groups excluding carboxylic acids is 1. The van der Waals surface area contributed by atoms with Crippen LogP contribution in [0.2, 0.25) is 0 Å². The van der Waals surface area contributed by atoms with Crippen LogP contribution in [0.1, 0.15) is 6.92 Å². The normalized spacial score (nSPS) is 16.6. The van der Waals surface area contributed by atoms with E-state index in [0.29, 0.717) is 18.8 Å². The Morgan fingerprint density at radius 1 is 1.40 bits per heavy atom. The molecule has 108 valence electrons. The average Bonchev–Trinajstić information content (AvgIpc) is 2.36. The number of aliphatic carboxylic acids is 1. The minimum atomic E-state index is -0.786. The van der Waals surface area contributed by atoms with Crippen LogP contribution in [0.3, 0.4) is 0 Å². The minimum Gasteiger partial charge on any atom is -0.481 e. The summed E-state index contributed by atoms with van der Waals surface area (Å²) in [7, 11) is 0. The molecule has 6 heteroatoms. The van der Waals surface area contributed by atoms with E-state index in [0.717, 1.165) is 9.37 Å². The van der Waals surface area contributed by atoms with Gasteiger partial charge < -0.3 is 10.0 Å². The van der Waals surface area contributed by atoms with Gasteiger partial charge in [0.15, 0.2) is 0 Å². The molecule has 0 aromatic heterocycles. The summed E-state index contributed by atoms with van der Waals surface area (Å²) in [6.45, 7) is 2.83. The molecule has 1 fully saturated rings. The number of hydrogen-bond acceptors (Lipinski definition) is 3. The van der Waals surface area contributed by atoms with Crippen molar-refractivity contribution < 1.29 is 14.7 Å². The maximum Gasteiger partial charge on any atom is 0.306 e. The molecule has 1 aromatic carbocycles. The number of halogens is 1. The van der Waals surface area contributed by atoms with Crippen molar-refractivity contribution in [2.75, 3.05) is 18.8 Å². The van der Waals surface area contributed by atoms with Crippen LogP contribution >= 0.6 is 27.7 Å². The molecule has 1 aliphatic heterocycles. The van der Waals surface area contributed by atoms with Gasteiger partial charge in [-0.05, 0) is 24.3 Å². The third kappa shape index (κ3) is 3.76. The van der Waals surface area contributed by atoms with Crippen molar-refractivity contribution >= 4 is 39.6 Å². The number of amides is 1. The van der Waals surface area contributed by atoms with Gasteiger partial charge in [-0.2, -0.15) is 0 Å². The highest BCUT2D eigenvalue weighted by Crippen LogP contribution is 2.26. The number of hydrogen-bond donors (Lipinski definition) is 1. The van der Waals surface area contributed by atoms with Crippen molar-refractivity contribution in [3.63, 3.8) is 0 Å². The first-order chi connectivity index (χ1) is 9.47. The molecular weight excluding hydrogens is 342 g/mol. The standard InChI is InChI=1S/C14H16BrNO3S/c1-9(14(18)19)10-6-16(7-10)13(17)8-20-12-4-2-11(15)3-5-12/h2-5,9-10H,6-8H2,1H3,(H,18,19). The van der Waals surface area contributed by atoms with Crippen molar-refractivity contribution in [2.45, 2.75) is 11.8 Å². The summed E-state index contributed by atoms with van der Waals surface area (Å²) in [5.41, 5.74) is 0. The Morgan fingerprint density at radius 2 is 2.00 bits per heavy atom. The SMILES string of the molecule is CC(C(=O)O)C1CN(C(=O)CSc2ccc(Br)cc2)C1. The van der Waals surface area contributed by atoms with Crippen LogP contribution in [-0.2, 0) is 9.59 Å². The molecule has 1 heterocycles.